The number of aryl methyl sites for hydroxylation is 1. The van der Waals surface area contributed by atoms with Gasteiger partial charge in [-0.1, -0.05) is 30.3 Å². The lowest BCUT2D eigenvalue weighted by molar-refractivity contribution is -0.111. The molecule has 0 atom stereocenters. The Kier molecular flexibility index (Phi) is 4.34. The quantitative estimate of drug-likeness (QED) is 0.798. The molecule has 3 nitrogen and oxygen atoms in total. The van der Waals surface area contributed by atoms with Crippen LogP contribution in [0, 0.1) is 6.92 Å². The van der Waals surface area contributed by atoms with Gasteiger partial charge in [0.05, 0.1) is 0 Å². The van der Waals surface area contributed by atoms with E-state index in [1.807, 2.05) is 19.1 Å². The van der Waals surface area contributed by atoms with Gasteiger partial charge < -0.3 is 4.90 Å². The molecule has 0 bridgehead atoms. The fourth-order valence-corrected chi connectivity index (χ4v) is 3.28. The van der Waals surface area contributed by atoms with Crippen molar-refractivity contribution in [1.29, 1.82) is 0 Å². The lowest BCUT2D eigenvalue weighted by atomic mass is 9.84. The number of allylic oxidation sites excluding steroid dienone is 1. The number of carbonyl (C=O) groups is 2. The second-order valence-electron chi connectivity index (χ2n) is 5.97. The molecular weight excluding hydrogens is 298 g/mol. The summed E-state index contributed by atoms with van der Waals surface area (Å²) in [5, 5.41) is 0. The molecule has 2 aromatic rings. The van der Waals surface area contributed by atoms with Gasteiger partial charge in [0.2, 0.25) is 11.6 Å². The van der Waals surface area contributed by atoms with E-state index in [4.69, 9.17) is 0 Å². The molecule has 1 aliphatic rings. The Morgan fingerprint density at radius 3 is 2.17 bits per heavy atom. The number of nitrogens with zero attached hydrogens (tertiary/aromatic N) is 1. The first-order valence-electron chi connectivity index (χ1n) is 8.32. The Balaban J connectivity index is 2.11. The van der Waals surface area contributed by atoms with E-state index in [0.717, 1.165) is 35.4 Å². The highest BCUT2D eigenvalue weighted by Crippen LogP contribution is 2.33. The van der Waals surface area contributed by atoms with Crippen LogP contribution in [0.1, 0.15) is 40.9 Å². The lowest BCUT2D eigenvalue weighted by Gasteiger charge is -2.23. The van der Waals surface area contributed by atoms with Crippen LogP contribution in [0.25, 0.3) is 5.57 Å². The number of anilines is 1. The van der Waals surface area contributed by atoms with E-state index in [9.17, 15) is 9.59 Å². The Morgan fingerprint density at radius 1 is 0.875 bits per heavy atom. The minimum atomic E-state index is -0.448. The number of carbonyl (C=O) groups excluding carboxylic acids is 2. The molecule has 0 radical (unpaired) electrons. The van der Waals surface area contributed by atoms with Crippen molar-refractivity contribution in [1.82, 2.24) is 0 Å². The van der Waals surface area contributed by atoms with Gasteiger partial charge in [0.25, 0.3) is 0 Å². The number of ketones is 2. The molecule has 3 heteroatoms. The summed E-state index contributed by atoms with van der Waals surface area (Å²) in [6.45, 7) is 8.22. The molecule has 0 fully saturated rings. The van der Waals surface area contributed by atoms with Gasteiger partial charge in [0.15, 0.2) is 0 Å². The first-order chi connectivity index (χ1) is 11.6. The predicted octanol–water partition coefficient (Wildman–Crippen LogP) is 4.04. The number of rotatable bonds is 4. The Morgan fingerprint density at radius 2 is 1.54 bits per heavy atom. The summed E-state index contributed by atoms with van der Waals surface area (Å²) in [7, 11) is 0. The fraction of sp³-hybridized carbons (Fsp3) is 0.238. The Labute approximate surface area is 142 Å². The third kappa shape index (κ3) is 2.67. The normalized spacial score (nSPS) is 13.5. The van der Waals surface area contributed by atoms with Crippen molar-refractivity contribution in [3.05, 3.63) is 70.8 Å². The van der Waals surface area contributed by atoms with Crippen LogP contribution in [0.2, 0.25) is 0 Å². The van der Waals surface area contributed by atoms with Gasteiger partial charge in [-0.15, -0.1) is 0 Å². The van der Waals surface area contributed by atoms with Crippen molar-refractivity contribution in [3.8, 4) is 0 Å². The smallest absolute Gasteiger partial charge is 0.233 e. The zero-order valence-corrected chi connectivity index (χ0v) is 14.3. The van der Waals surface area contributed by atoms with Gasteiger partial charge in [0, 0.05) is 24.3 Å². The number of fused-ring (bicyclic) bond motifs is 1. The van der Waals surface area contributed by atoms with Crippen LogP contribution < -0.4 is 4.90 Å². The van der Waals surface area contributed by atoms with Crippen molar-refractivity contribution >= 4 is 22.8 Å². The average molecular weight is 319 g/mol. The maximum atomic E-state index is 12.1. The molecular formula is C21H21NO2. The SMILES string of the molecule is CCN(CC)c1ccc(C2=CC(=O)C(=O)c3ccccc32)c(C)c1. The first-order valence-corrected chi connectivity index (χ1v) is 8.32. The monoisotopic (exact) mass is 319 g/mol. The summed E-state index contributed by atoms with van der Waals surface area (Å²) < 4.78 is 0. The molecule has 0 unspecified atom stereocenters. The molecule has 0 amide bonds. The molecule has 0 spiro atoms. The van der Waals surface area contributed by atoms with Crippen LogP contribution >= 0.6 is 0 Å². The molecule has 0 N–H and O–H groups in total. The van der Waals surface area contributed by atoms with E-state index in [2.05, 4.69) is 36.9 Å². The summed E-state index contributed by atoms with van der Waals surface area (Å²) in [4.78, 5) is 26.5. The molecule has 122 valence electrons. The Hall–Kier alpha value is -2.68. The van der Waals surface area contributed by atoms with E-state index in [1.54, 1.807) is 12.1 Å². The van der Waals surface area contributed by atoms with Crippen molar-refractivity contribution in [2.24, 2.45) is 0 Å². The zero-order chi connectivity index (χ0) is 17.3. The van der Waals surface area contributed by atoms with Crippen LogP contribution in [0.4, 0.5) is 5.69 Å². The minimum Gasteiger partial charge on any atom is -0.372 e. The fourth-order valence-electron chi connectivity index (χ4n) is 3.28. The van der Waals surface area contributed by atoms with Gasteiger partial charge in [-0.05, 0) is 61.2 Å². The summed E-state index contributed by atoms with van der Waals surface area (Å²) in [6.07, 6.45) is 1.48. The van der Waals surface area contributed by atoms with E-state index in [1.165, 1.54) is 11.8 Å². The largest absolute Gasteiger partial charge is 0.372 e. The van der Waals surface area contributed by atoms with Crippen LogP contribution in [-0.2, 0) is 4.79 Å². The van der Waals surface area contributed by atoms with Crippen molar-refractivity contribution < 1.29 is 9.59 Å². The van der Waals surface area contributed by atoms with E-state index < -0.39 is 11.6 Å². The van der Waals surface area contributed by atoms with Gasteiger partial charge in [-0.25, -0.2) is 0 Å². The molecule has 24 heavy (non-hydrogen) atoms. The van der Waals surface area contributed by atoms with Crippen molar-refractivity contribution in [2.45, 2.75) is 20.8 Å². The molecule has 0 heterocycles. The zero-order valence-electron chi connectivity index (χ0n) is 14.3. The molecule has 0 saturated heterocycles. The topological polar surface area (TPSA) is 37.4 Å². The predicted molar refractivity (Wildman–Crippen MR) is 97.6 cm³/mol. The van der Waals surface area contributed by atoms with Crippen LogP contribution in [0.3, 0.4) is 0 Å². The molecule has 1 aliphatic carbocycles. The second kappa shape index (κ2) is 6.44. The van der Waals surface area contributed by atoms with Gasteiger partial charge in [-0.2, -0.15) is 0 Å². The number of benzene rings is 2. The van der Waals surface area contributed by atoms with Gasteiger partial charge in [0.1, 0.15) is 0 Å². The van der Waals surface area contributed by atoms with Crippen molar-refractivity contribution in [2.75, 3.05) is 18.0 Å². The lowest BCUT2D eigenvalue weighted by Crippen LogP contribution is -2.22. The standard InChI is InChI=1S/C21H21NO2/c1-4-22(5-2)15-10-11-16(14(3)12-15)19-13-20(23)21(24)18-9-7-6-8-17(18)19/h6-13H,4-5H2,1-3H3. The van der Waals surface area contributed by atoms with Crippen molar-refractivity contribution in [3.63, 3.8) is 0 Å². The highest BCUT2D eigenvalue weighted by Gasteiger charge is 2.26. The van der Waals surface area contributed by atoms with E-state index in [-0.39, 0.29) is 0 Å². The third-order valence-corrected chi connectivity index (χ3v) is 4.59. The maximum Gasteiger partial charge on any atom is 0.233 e. The summed E-state index contributed by atoms with van der Waals surface area (Å²) in [5.41, 5.74) is 5.43. The average Bonchev–Trinajstić information content (AvgIpc) is 2.60. The first kappa shape index (κ1) is 16.2. The van der Waals surface area contributed by atoms with E-state index in [0.29, 0.717) is 5.56 Å². The number of Topliss-reactive ketones (excluding diaryl/α,β-unsaturated/α-hetero) is 1. The summed E-state index contributed by atoms with van der Waals surface area (Å²) in [6, 6.07) is 13.6. The summed E-state index contributed by atoms with van der Waals surface area (Å²) >= 11 is 0. The second-order valence-corrected chi connectivity index (χ2v) is 5.97. The molecule has 0 aromatic heterocycles. The number of hydrogen-bond acceptors (Lipinski definition) is 3. The summed E-state index contributed by atoms with van der Waals surface area (Å²) in [5.74, 6) is -0.873. The molecule has 0 saturated carbocycles. The molecule has 3 rings (SSSR count). The highest BCUT2D eigenvalue weighted by molar-refractivity contribution is 6.51. The molecule has 2 aromatic carbocycles. The highest BCUT2D eigenvalue weighted by atomic mass is 16.2. The Bertz CT molecular complexity index is 845. The minimum absolute atomic E-state index is 0.424. The maximum absolute atomic E-state index is 12.1. The van der Waals surface area contributed by atoms with Crippen LogP contribution in [0.5, 0.6) is 0 Å². The molecule has 0 aliphatic heterocycles. The van der Waals surface area contributed by atoms with Crippen LogP contribution in [-0.4, -0.2) is 24.7 Å². The number of hydrogen-bond donors (Lipinski definition) is 0. The van der Waals surface area contributed by atoms with Crippen LogP contribution in [0.15, 0.2) is 48.5 Å². The van der Waals surface area contributed by atoms with Gasteiger partial charge >= 0.3 is 0 Å². The third-order valence-electron chi connectivity index (χ3n) is 4.59. The van der Waals surface area contributed by atoms with E-state index >= 15 is 0 Å². The van der Waals surface area contributed by atoms with Gasteiger partial charge in [-0.3, -0.25) is 9.59 Å².